The maximum atomic E-state index is 9.89. The maximum absolute atomic E-state index is 9.89. The van der Waals surface area contributed by atoms with Crippen LogP contribution in [-0.4, -0.2) is 17.2 Å². The van der Waals surface area contributed by atoms with Gasteiger partial charge in [-0.15, -0.1) is 0 Å². The van der Waals surface area contributed by atoms with Crippen LogP contribution in [0.5, 0.6) is 11.5 Å². The highest BCUT2D eigenvalue weighted by atomic mass is 16.5. The lowest BCUT2D eigenvalue weighted by atomic mass is 10.2. The number of ether oxygens (including phenoxy) is 1. The van der Waals surface area contributed by atoms with Crippen LogP contribution >= 0.6 is 0 Å². The van der Waals surface area contributed by atoms with Gasteiger partial charge < -0.3 is 19.6 Å². The summed E-state index contributed by atoms with van der Waals surface area (Å²) in [7, 11) is 1.53. The molecule has 2 aromatic rings. The summed E-state index contributed by atoms with van der Waals surface area (Å²) in [6, 6.07) is 5.40. The first kappa shape index (κ1) is 12.4. The highest BCUT2D eigenvalue weighted by molar-refractivity contribution is 5.45. The minimum Gasteiger partial charge on any atom is -0.504 e. The molecule has 0 saturated heterocycles. The molecule has 0 unspecified atom stereocenters. The molecule has 0 radical (unpaired) electrons. The number of para-hydroxylation sites is 1. The van der Waals surface area contributed by atoms with E-state index in [-0.39, 0.29) is 5.75 Å². The average Bonchev–Trinajstić information content (AvgIpc) is 2.77. The summed E-state index contributed by atoms with van der Waals surface area (Å²) in [4.78, 5) is 4.09. The molecule has 2 N–H and O–H groups in total. The number of hydrogen-bond acceptors (Lipinski definition) is 5. The van der Waals surface area contributed by atoms with E-state index in [1.807, 2.05) is 19.1 Å². The number of nitrogens with zero attached hydrogens (tertiary/aromatic N) is 1. The molecule has 0 atom stereocenters. The van der Waals surface area contributed by atoms with Gasteiger partial charge >= 0.3 is 0 Å². The predicted octanol–water partition coefficient (Wildman–Crippen LogP) is 1.99. The van der Waals surface area contributed by atoms with E-state index in [1.54, 1.807) is 12.3 Å². The highest BCUT2D eigenvalue weighted by Crippen LogP contribution is 2.29. The van der Waals surface area contributed by atoms with E-state index in [1.165, 1.54) is 7.11 Å². The number of phenolic OH excluding ortho intramolecular Hbond substituents is 1. The third kappa shape index (κ3) is 2.81. The molecule has 0 saturated carbocycles. The minimum atomic E-state index is 0.163. The van der Waals surface area contributed by atoms with Crippen LogP contribution in [-0.2, 0) is 13.1 Å². The second-order valence-corrected chi connectivity index (χ2v) is 3.94. The monoisotopic (exact) mass is 248 g/mol. The molecule has 0 aliphatic carbocycles. The molecular weight excluding hydrogens is 232 g/mol. The van der Waals surface area contributed by atoms with Crippen molar-refractivity contribution in [2.75, 3.05) is 7.11 Å². The number of oxazole rings is 1. The first-order chi connectivity index (χ1) is 8.70. The lowest BCUT2D eigenvalue weighted by Gasteiger charge is -2.08. The topological polar surface area (TPSA) is 67.5 Å². The Morgan fingerprint density at radius 2 is 2.22 bits per heavy atom. The van der Waals surface area contributed by atoms with Crippen molar-refractivity contribution in [3.63, 3.8) is 0 Å². The van der Waals surface area contributed by atoms with Crippen molar-refractivity contribution in [1.82, 2.24) is 10.3 Å². The summed E-state index contributed by atoms with van der Waals surface area (Å²) in [5.41, 5.74) is 0.776. The Morgan fingerprint density at radius 3 is 2.89 bits per heavy atom. The van der Waals surface area contributed by atoms with Gasteiger partial charge in [0.15, 0.2) is 11.5 Å². The van der Waals surface area contributed by atoms with Gasteiger partial charge in [0.25, 0.3) is 0 Å². The van der Waals surface area contributed by atoms with Gasteiger partial charge in [0.2, 0.25) is 5.89 Å². The zero-order chi connectivity index (χ0) is 13.0. The first-order valence-corrected chi connectivity index (χ1v) is 5.67. The fourth-order valence-corrected chi connectivity index (χ4v) is 1.66. The predicted molar refractivity (Wildman–Crippen MR) is 66.4 cm³/mol. The van der Waals surface area contributed by atoms with Crippen molar-refractivity contribution in [1.29, 1.82) is 0 Å². The molecule has 1 aromatic heterocycles. The smallest absolute Gasteiger partial charge is 0.208 e. The second-order valence-electron chi connectivity index (χ2n) is 3.94. The summed E-state index contributed by atoms with van der Waals surface area (Å²) in [6.45, 7) is 2.89. The Morgan fingerprint density at radius 1 is 1.39 bits per heavy atom. The third-order valence-electron chi connectivity index (χ3n) is 2.56. The van der Waals surface area contributed by atoms with Crippen molar-refractivity contribution < 1.29 is 14.3 Å². The van der Waals surface area contributed by atoms with Gasteiger partial charge in [-0.3, -0.25) is 0 Å². The number of nitrogens with one attached hydrogen (secondary N) is 1. The summed E-state index contributed by atoms with van der Waals surface area (Å²) >= 11 is 0. The Bertz CT molecular complexity index is 523. The quantitative estimate of drug-likeness (QED) is 0.847. The SMILES string of the molecule is COc1cccc(CNCc2ncc(C)o2)c1O. The standard InChI is InChI=1S/C13H16N2O3/c1-9-6-15-12(18-9)8-14-7-10-4-3-5-11(17-2)13(10)16/h3-6,14,16H,7-8H2,1-2H3. The van der Waals surface area contributed by atoms with Crippen LogP contribution in [0.3, 0.4) is 0 Å². The Kier molecular flexibility index (Phi) is 3.84. The number of aromatic hydroxyl groups is 1. The van der Waals surface area contributed by atoms with Gasteiger partial charge in [0, 0.05) is 12.1 Å². The molecule has 0 bridgehead atoms. The molecule has 0 fully saturated rings. The van der Waals surface area contributed by atoms with Crippen LogP contribution in [0.1, 0.15) is 17.2 Å². The Balaban J connectivity index is 1.94. The Labute approximate surface area is 105 Å². The van der Waals surface area contributed by atoms with E-state index < -0.39 is 0 Å². The molecule has 2 rings (SSSR count). The maximum Gasteiger partial charge on any atom is 0.208 e. The highest BCUT2D eigenvalue weighted by Gasteiger charge is 2.07. The second kappa shape index (κ2) is 5.55. The van der Waals surface area contributed by atoms with E-state index in [0.717, 1.165) is 11.3 Å². The summed E-state index contributed by atoms with van der Waals surface area (Å²) < 4.78 is 10.4. The summed E-state index contributed by atoms with van der Waals surface area (Å²) in [5, 5.41) is 13.0. The molecular formula is C13H16N2O3. The average molecular weight is 248 g/mol. The molecule has 0 spiro atoms. The van der Waals surface area contributed by atoms with Crippen LogP contribution in [0.25, 0.3) is 0 Å². The van der Waals surface area contributed by atoms with Gasteiger partial charge in [-0.05, 0) is 13.0 Å². The van der Waals surface area contributed by atoms with Crippen molar-refractivity contribution in [2.24, 2.45) is 0 Å². The fraction of sp³-hybridized carbons (Fsp3) is 0.308. The number of rotatable bonds is 5. The molecule has 5 heteroatoms. The lowest BCUT2D eigenvalue weighted by molar-refractivity contribution is 0.369. The molecule has 18 heavy (non-hydrogen) atoms. The summed E-state index contributed by atoms with van der Waals surface area (Å²) in [6.07, 6.45) is 1.68. The zero-order valence-corrected chi connectivity index (χ0v) is 10.4. The van der Waals surface area contributed by atoms with Gasteiger partial charge in [-0.2, -0.15) is 0 Å². The molecule has 96 valence electrons. The van der Waals surface area contributed by atoms with E-state index in [0.29, 0.717) is 24.7 Å². The molecule has 0 aliphatic rings. The van der Waals surface area contributed by atoms with Crippen LogP contribution in [0.4, 0.5) is 0 Å². The first-order valence-electron chi connectivity index (χ1n) is 5.67. The molecule has 0 aliphatic heterocycles. The van der Waals surface area contributed by atoms with Gasteiger partial charge in [0.1, 0.15) is 5.76 Å². The number of hydrogen-bond donors (Lipinski definition) is 2. The largest absolute Gasteiger partial charge is 0.504 e. The number of aryl methyl sites for hydroxylation is 1. The number of benzene rings is 1. The van der Waals surface area contributed by atoms with Gasteiger partial charge in [0.05, 0.1) is 19.9 Å². The molecule has 0 amide bonds. The van der Waals surface area contributed by atoms with Crippen molar-refractivity contribution in [3.8, 4) is 11.5 Å². The van der Waals surface area contributed by atoms with Crippen molar-refractivity contribution >= 4 is 0 Å². The number of aromatic nitrogens is 1. The van der Waals surface area contributed by atoms with Crippen LogP contribution in [0.2, 0.25) is 0 Å². The van der Waals surface area contributed by atoms with E-state index in [9.17, 15) is 5.11 Å². The van der Waals surface area contributed by atoms with Crippen molar-refractivity contribution in [3.05, 3.63) is 41.6 Å². The Hall–Kier alpha value is -2.01. The van der Waals surface area contributed by atoms with E-state index in [2.05, 4.69) is 10.3 Å². The normalized spacial score (nSPS) is 10.6. The van der Waals surface area contributed by atoms with Gasteiger partial charge in [-0.1, -0.05) is 12.1 Å². The summed E-state index contributed by atoms with van der Waals surface area (Å²) in [5.74, 6) is 2.06. The van der Waals surface area contributed by atoms with E-state index >= 15 is 0 Å². The lowest BCUT2D eigenvalue weighted by Crippen LogP contribution is -2.13. The number of methoxy groups -OCH3 is 1. The van der Waals surface area contributed by atoms with Gasteiger partial charge in [-0.25, -0.2) is 4.98 Å². The molecule has 5 nitrogen and oxygen atoms in total. The number of phenols is 1. The third-order valence-corrected chi connectivity index (χ3v) is 2.56. The van der Waals surface area contributed by atoms with Crippen molar-refractivity contribution in [2.45, 2.75) is 20.0 Å². The minimum absolute atomic E-state index is 0.163. The van der Waals surface area contributed by atoms with Crippen LogP contribution < -0.4 is 10.1 Å². The van der Waals surface area contributed by atoms with E-state index in [4.69, 9.17) is 9.15 Å². The van der Waals surface area contributed by atoms with Crippen LogP contribution in [0, 0.1) is 6.92 Å². The molecule has 1 heterocycles. The zero-order valence-electron chi connectivity index (χ0n) is 10.4. The molecule has 1 aromatic carbocycles. The van der Waals surface area contributed by atoms with Crippen LogP contribution in [0.15, 0.2) is 28.8 Å². The fourth-order valence-electron chi connectivity index (χ4n) is 1.66.